The van der Waals surface area contributed by atoms with Gasteiger partial charge in [0.05, 0.1) is 5.60 Å². The van der Waals surface area contributed by atoms with Crippen molar-refractivity contribution in [3.63, 3.8) is 0 Å². The van der Waals surface area contributed by atoms with Gasteiger partial charge >= 0.3 is 11.8 Å². The lowest BCUT2D eigenvalue weighted by molar-refractivity contribution is -0.137. The molecule has 0 aliphatic heterocycles. The van der Waals surface area contributed by atoms with Crippen LogP contribution in [0.2, 0.25) is 0 Å². The number of benzene rings is 1. The molecule has 0 saturated heterocycles. The number of aromatic nitrogens is 1. The normalized spacial score (nSPS) is 11.5. The number of amides is 2. The molecule has 6 heteroatoms. The number of carbonyl (C=O) groups is 2. The number of hydrogen-bond acceptors (Lipinski definition) is 3. The number of anilines is 1. The fraction of sp³-hybridized carbons (Fsp3) is 0.444. The largest absolute Gasteiger partial charge is 0.388 e. The van der Waals surface area contributed by atoms with Crippen LogP contribution in [0.1, 0.15) is 39.5 Å². The van der Waals surface area contributed by atoms with E-state index in [0.717, 1.165) is 23.7 Å². The number of carbonyl (C=O) groups excluding carboxylic acids is 2. The van der Waals surface area contributed by atoms with Crippen molar-refractivity contribution < 1.29 is 14.7 Å². The zero-order valence-corrected chi connectivity index (χ0v) is 14.2. The Hall–Kier alpha value is -2.34. The van der Waals surface area contributed by atoms with Gasteiger partial charge in [-0.1, -0.05) is 26.7 Å². The minimum Gasteiger partial charge on any atom is -0.388 e. The molecule has 0 atom stereocenters. The average Bonchev–Trinajstić information content (AvgIpc) is 3.00. The summed E-state index contributed by atoms with van der Waals surface area (Å²) in [5.74, 6) is -1.48. The van der Waals surface area contributed by atoms with Crippen molar-refractivity contribution in [1.82, 2.24) is 10.3 Å². The second-order valence-corrected chi connectivity index (χ2v) is 6.14. The molecule has 0 aliphatic rings. The van der Waals surface area contributed by atoms with Crippen molar-refractivity contribution in [2.45, 2.75) is 45.1 Å². The highest BCUT2D eigenvalue weighted by atomic mass is 16.3. The maximum absolute atomic E-state index is 12.0. The molecule has 0 spiro atoms. The SMILES string of the molecule is CCCC(O)(CCC)CNC(=O)C(=O)Nc1ccc2[nH]ccc2c1. The highest BCUT2D eigenvalue weighted by Gasteiger charge is 2.26. The number of fused-ring (bicyclic) bond motifs is 1. The number of hydrogen-bond donors (Lipinski definition) is 4. The van der Waals surface area contributed by atoms with E-state index in [1.54, 1.807) is 12.1 Å². The van der Waals surface area contributed by atoms with E-state index in [1.807, 2.05) is 32.2 Å². The summed E-state index contributed by atoms with van der Waals surface area (Å²) in [6.07, 6.45) is 4.62. The Morgan fingerprint density at radius 3 is 2.50 bits per heavy atom. The molecular weight excluding hydrogens is 306 g/mol. The van der Waals surface area contributed by atoms with Crippen LogP contribution in [0.3, 0.4) is 0 Å². The molecule has 0 aliphatic carbocycles. The monoisotopic (exact) mass is 331 g/mol. The third-order valence-electron chi connectivity index (χ3n) is 4.03. The molecule has 1 aromatic heterocycles. The number of rotatable bonds is 7. The van der Waals surface area contributed by atoms with Crippen LogP contribution in [-0.4, -0.2) is 34.1 Å². The van der Waals surface area contributed by atoms with Gasteiger partial charge in [0.1, 0.15) is 0 Å². The second-order valence-electron chi connectivity index (χ2n) is 6.14. The van der Waals surface area contributed by atoms with Crippen molar-refractivity contribution in [1.29, 1.82) is 0 Å². The number of aromatic amines is 1. The van der Waals surface area contributed by atoms with Gasteiger partial charge in [-0.2, -0.15) is 0 Å². The lowest BCUT2D eigenvalue weighted by Crippen LogP contribution is -2.46. The van der Waals surface area contributed by atoms with Crippen molar-refractivity contribution in [2.24, 2.45) is 0 Å². The molecule has 0 radical (unpaired) electrons. The zero-order valence-electron chi connectivity index (χ0n) is 14.2. The van der Waals surface area contributed by atoms with Crippen molar-refractivity contribution in [3.05, 3.63) is 30.5 Å². The summed E-state index contributed by atoms with van der Waals surface area (Å²) in [5, 5.41) is 16.5. The van der Waals surface area contributed by atoms with Gasteiger partial charge in [0.2, 0.25) is 0 Å². The van der Waals surface area contributed by atoms with Crippen LogP contribution < -0.4 is 10.6 Å². The van der Waals surface area contributed by atoms with Crippen LogP contribution in [0.5, 0.6) is 0 Å². The summed E-state index contributed by atoms with van der Waals surface area (Å²) in [7, 11) is 0. The molecule has 0 bridgehead atoms. The number of H-pyrrole nitrogens is 1. The first-order chi connectivity index (χ1) is 11.5. The third-order valence-corrected chi connectivity index (χ3v) is 4.03. The highest BCUT2D eigenvalue weighted by Crippen LogP contribution is 2.19. The topological polar surface area (TPSA) is 94.2 Å². The lowest BCUT2D eigenvalue weighted by atomic mass is 9.92. The summed E-state index contributed by atoms with van der Waals surface area (Å²) < 4.78 is 0. The molecule has 130 valence electrons. The Labute approximate surface area is 141 Å². The van der Waals surface area contributed by atoms with Crippen molar-refractivity contribution in [2.75, 3.05) is 11.9 Å². The van der Waals surface area contributed by atoms with Gasteiger partial charge in [0.15, 0.2) is 0 Å². The van der Waals surface area contributed by atoms with Crippen LogP contribution in [0, 0.1) is 0 Å². The lowest BCUT2D eigenvalue weighted by Gasteiger charge is -2.27. The molecule has 4 N–H and O–H groups in total. The van der Waals surface area contributed by atoms with E-state index < -0.39 is 17.4 Å². The predicted octanol–water partition coefficient (Wildman–Crippen LogP) is 2.55. The Morgan fingerprint density at radius 2 is 1.83 bits per heavy atom. The van der Waals surface area contributed by atoms with Gasteiger partial charge in [-0.25, -0.2) is 0 Å². The molecule has 0 fully saturated rings. The first-order valence-corrected chi connectivity index (χ1v) is 8.36. The fourth-order valence-corrected chi connectivity index (χ4v) is 2.88. The zero-order chi connectivity index (χ0) is 17.6. The quantitative estimate of drug-likeness (QED) is 0.587. The van der Waals surface area contributed by atoms with Gasteiger partial charge in [0.25, 0.3) is 0 Å². The van der Waals surface area contributed by atoms with Gasteiger partial charge in [0, 0.05) is 29.3 Å². The molecule has 0 unspecified atom stereocenters. The molecule has 0 saturated carbocycles. The van der Waals surface area contributed by atoms with Gasteiger partial charge in [-0.05, 0) is 37.1 Å². The maximum atomic E-state index is 12.0. The molecular formula is C18H25N3O3. The van der Waals surface area contributed by atoms with Crippen molar-refractivity contribution in [3.8, 4) is 0 Å². The molecule has 2 rings (SSSR count). The van der Waals surface area contributed by atoms with E-state index in [2.05, 4.69) is 15.6 Å². The first kappa shape index (κ1) is 18.0. The molecule has 2 amide bonds. The molecule has 1 aromatic carbocycles. The van der Waals surface area contributed by atoms with E-state index in [4.69, 9.17) is 0 Å². The summed E-state index contributed by atoms with van der Waals surface area (Å²) in [6.45, 7) is 4.04. The molecule has 1 heterocycles. The van der Waals surface area contributed by atoms with Crippen LogP contribution in [0.15, 0.2) is 30.5 Å². The second kappa shape index (κ2) is 7.97. The van der Waals surface area contributed by atoms with Gasteiger partial charge in [-0.3, -0.25) is 9.59 Å². The smallest absolute Gasteiger partial charge is 0.313 e. The Balaban J connectivity index is 1.92. The van der Waals surface area contributed by atoms with Crippen molar-refractivity contribution >= 4 is 28.4 Å². The third kappa shape index (κ3) is 4.58. The van der Waals surface area contributed by atoms with Gasteiger partial charge < -0.3 is 20.7 Å². The Morgan fingerprint density at radius 1 is 1.12 bits per heavy atom. The minimum atomic E-state index is -0.955. The Bertz CT molecular complexity index is 702. The molecule has 2 aromatic rings. The van der Waals surface area contributed by atoms with Crippen LogP contribution in [0.25, 0.3) is 10.9 Å². The Kier molecular flexibility index (Phi) is 5.98. The fourth-order valence-electron chi connectivity index (χ4n) is 2.88. The van der Waals surface area contributed by atoms with E-state index in [9.17, 15) is 14.7 Å². The number of nitrogens with one attached hydrogen (secondary N) is 3. The van der Waals surface area contributed by atoms with Crippen LogP contribution in [0.4, 0.5) is 5.69 Å². The number of aliphatic hydroxyl groups is 1. The molecule has 24 heavy (non-hydrogen) atoms. The van der Waals surface area contributed by atoms with E-state index >= 15 is 0 Å². The van der Waals surface area contributed by atoms with Crippen LogP contribution >= 0.6 is 0 Å². The highest BCUT2D eigenvalue weighted by molar-refractivity contribution is 6.39. The minimum absolute atomic E-state index is 0.0811. The molecule has 6 nitrogen and oxygen atoms in total. The summed E-state index contributed by atoms with van der Waals surface area (Å²) in [5.41, 5.74) is 0.560. The van der Waals surface area contributed by atoms with Crippen LogP contribution in [-0.2, 0) is 9.59 Å². The maximum Gasteiger partial charge on any atom is 0.313 e. The van der Waals surface area contributed by atoms with E-state index in [1.165, 1.54) is 0 Å². The predicted molar refractivity (Wildman–Crippen MR) is 94.7 cm³/mol. The summed E-state index contributed by atoms with van der Waals surface area (Å²) in [4.78, 5) is 27.0. The summed E-state index contributed by atoms with van der Waals surface area (Å²) >= 11 is 0. The van der Waals surface area contributed by atoms with Gasteiger partial charge in [-0.15, -0.1) is 0 Å². The summed E-state index contributed by atoms with van der Waals surface area (Å²) in [6, 6.07) is 7.25. The van der Waals surface area contributed by atoms with E-state index in [-0.39, 0.29) is 6.54 Å². The van der Waals surface area contributed by atoms with E-state index in [0.29, 0.717) is 18.5 Å². The first-order valence-electron chi connectivity index (χ1n) is 8.36. The average molecular weight is 331 g/mol. The standard InChI is InChI=1S/C18H25N3O3/c1-3-8-18(24,9-4-2)12-20-16(22)17(23)21-14-5-6-15-13(11-14)7-10-19-15/h5-7,10-11,19,24H,3-4,8-9,12H2,1-2H3,(H,20,22)(H,21,23).